The van der Waals surface area contributed by atoms with Crippen LogP contribution >= 0.6 is 0 Å². The first kappa shape index (κ1) is 17.3. The number of piperidine rings is 1. The molecule has 0 bridgehead atoms. The molecule has 1 saturated heterocycles. The molecule has 138 valence electrons. The molecule has 2 aliphatic rings. The summed E-state index contributed by atoms with van der Waals surface area (Å²) in [5.41, 5.74) is 2.10. The summed E-state index contributed by atoms with van der Waals surface area (Å²) in [7, 11) is 0. The molecule has 0 radical (unpaired) electrons. The Hall–Kier alpha value is -2.14. The largest absolute Gasteiger partial charge is 0.309 e. The average Bonchev–Trinajstić information content (AvgIpc) is 3.33. The maximum atomic E-state index is 12.6. The molecule has 0 spiro atoms. The molecule has 2 heterocycles. The van der Waals surface area contributed by atoms with Gasteiger partial charge in [0.25, 0.3) is 0 Å². The van der Waals surface area contributed by atoms with E-state index in [9.17, 15) is 4.79 Å². The van der Waals surface area contributed by atoms with Gasteiger partial charge in [-0.1, -0.05) is 37.5 Å². The van der Waals surface area contributed by atoms with E-state index in [-0.39, 0.29) is 5.91 Å². The monoisotopic (exact) mass is 352 g/mol. The third kappa shape index (κ3) is 3.98. The molecule has 1 aliphatic heterocycles. The molecule has 1 N–H and O–H groups in total. The summed E-state index contributed by atoms with van der Waals surface area (Å²) in [5.74, 6) is 1.37. The summed E-state index contributed by atoms with van der Waals surface area (Å²) in [6, 6.07) is 12.2. The van der Waals surface area contributed by atoms with Gasteiger partial charge in [0.2, 0.25) is 5.91 Å². The zero-order valence-electron chi connectivity index (χ0n) is 15.4. The van der Waals surface area contributed by atoms with Crippen molar-refractivity contribution in [3.8, 4) is 5.69 Å². The predicted octanol–water partition coefficient (Wildman–Crippen LogP) is 3.95. The van der Waals surface area contributed by atoms with Crippen LogP contribution in [-0.2, 0) is 4.79 Å². The third-order valence-electron chi connectivity index (χ3n) is 5.59. The number of hydrogen-bond acceptors (Lipinski definition) is 3. The van der Waals surface area contributed by atoms with Crippen LogP contribution in [0.15, 0.2) is 36.4 Å². The van der Waals surface area contributed by atoms with Crippen LogP contribution in [0.5, 0.6) is 0 Å². The molecule has 1 amide bonds. The smallest absolute Gasteiger partial charge is 0.239 e. The summed E-state index contributed by atoms with van der Waals surface area (Å²) >= 11 is 0. The van der Waals surface area contributed by atoms with Crippen LogP contribution in [0.1, 0.15) is 56.6 Å². The lowest BCUT2D eigenvalue weighted by Crippen LogP contribution is -2.37. The minimum atomic E-state index is 0.0574. The van der Waals surface area contributed by atoms with Gasteiger partial charge in [-0.05, 0) is 50.9 Å². The number of amides is 1. The topological polar surface area (TPSA) is 50.2 Å². The maximum Gasteiger partial charge on any atom is 0.239 e. The summed E-state index contributed by atoms with van der Waals surface area (Å²) in [5, 5.41) is 7.97. The number of likely N-dealkylation sites (tertiary alicyclic amines) is 1. The molecule has 26 heavy (non-hydrogen) atoms. The van der Waals surface area contributed by atoms with Crippen molar-refractivity contribution in [3.63, 3.8) is 0 Å². The van der Waals surface area contributed by atoms with Crippen LogP contribution in [0.3, 0.4) is 0 Å². The summed E-state index contributed by atoms with van der Waals surface area (Å²) in [6.45, 7) is 2.52. The Morgan fingerprint density at radius 3 is 2.50 bits per heavy atom. The van der Waals surface area contributed by atoms with Crippen molar-refractivity contribution in [2.45, 2.75) is 50.9 Å². The Morgan fingerprint density at radius 1 is 1.04 bits per heavy atom. The number of carbonyl (C=O) groups is 1. The lowest BCUT2D eigenvalue weighted by molar-refractivity contribution is -0.117. The predicted molar refractivity (Wildman–Crippen MR) is 104 cm³/mol. The molecule has 1 aromatic carbocycles. The number of benzene rings is 1. The van der Waals surface area contributed by atoms with Crippen molar-refractivity contribution >= 4 is 11.7 Å². The summed E-state index contributed by atoms with van der Waals surface area (Å²) in [4.78, 5) is 14.9. The number of nitrogens with one attached hydrogen (secondary N) is 1. The Labute approximate surface area is 155 Å². The number of aromatic nitrogens is 2. The normalized spacial score (nSPS) is 18.9. The molecule has 5 heteroatoms. The molecular formula is C21H28N4O. The highest BCUT2D eigenvalue weighted by atomic mass is 16.2. The number of carbonyl (C=O) groups excluding carboxylic acids is 1. The van der Waals surface area contributed by atoms with Gasteiger partial charge in [-0.25, -0.2) is 4.68 Å². The average molecular weight is 352 g/mol. The first-order chi connectivity index (χ1) is 12.8. The first-order valence-corrected chi connectivity index (χ1v) is 9.97. The SMILES string of the molecule is O=C(CN1CCCCC1)Nc1cc(C2CCCC2)nn1-c1ccccc1. The third-order valence-corrected chi connectivity index (χ3v) is 5.59. The fourth-order valence-corrected chi connectivity index (χ4v) is 4.18. The van der Waals surface area contributed by atoms with Crippen molar-refractivity contribution in [1.82, 2.24) is 14.7 Å². The van der Waals surface area contributed by atoms with Gasteiger partial charge in [-0.2, -0.15) is 5.10 Å². The van der Waals surface area contributed by atoms with Gasteiger partial charge < -0.3 is 5.32 Å². The van der Waals surface area contributed by atoms with Crippen LogP contribution in [0.25, 0.3) is 5.69 Å². The lowest BCUT2D eigenvalue weighted by Gasteiger charge is -2.25. The first-order valence-electron chi connectivity index (χ1n) is 9.97. The molecule has 2 fully saturated rings. The van der Waals surface area contributed by atoms with E-state index in [0.29, 0.717) is 12.5 Å². The number of para-hydroxylation sites is 1. The lowest BCUT2D eigenvalue weighted by atomic mass is 10.0. The van der Waals surface area contributed by atoms with Crippen LogP contribution in [-0.4, -0.2) is 40.2 Å². The van der Waals surface area contributed by atoms with E-state index in [4.69, 9.17) is 5.10 Å². The number of nitrogens with zero attached hydrogens (tertiary/aromatic N) is 3. The molecule has 5 nitrogen and oxygen atoms in total. The van der Waals surface area contributed by atoms with Crippen molar-refractivity contribution < 1.29 is 4.79 Å². The molecule has 2 aromatic rings. The molecule has 0 unspecified atom stereocenters. The van der Waals surface area contributed by atoms with Crippen LogP contribution in [0, 0.1) is 0 Å². The fourth-order valence-electron chi connectivity index (χ4n) is 4.18. The van der Waals surface area contributed by atoms with Gasteiger partial charge >= 0.3 is 0 Å². The molecule has 0 atom stereocenters. The van der Waals surface area contributed by atoms with Gasteiger partial charge in [0, 0.05) is 12.0 Å². The van der Waals surface area contributed by atoms with Crippen LogP contribution < -0.4 is 5.32 Å². The number of hydrogen-bond donors (Lipinski definition) is 1. The fraction of sp³-hybridized carbons (Fsp3) is 0.524. The Bertz CT molecular complexity index is 728. The Balaban J connectivity index is 1.53. The van der Waals surface area contributed by atoms with Gasteiger partial charge in [0.1, 0.15) is 5.82 Å². The zero-order chi connectivity index (χ0) is 17.8. The maximum absolute atomic E-state index is 12.6. The highest BCUT2D eigenvalue weighted by Gasteiger charge is 2.23. The van der Waals surface area contributed by atoms with E-state index in [0.717, 1.165) is 30.3 Å². The highest BCUT2D eigenvalue weighted by Crippen LogP contribution is 2.35. The van der Waals surface area contributed by atoms with Crippen molar-refractivity contribution in [2.75, 3.05) is 25.0 Å². The molecule has 1 aliphatic carbocycles. The quantitative estimate of drug-likeness (QED) is 0.886. The van der Waals surface area contributed by atoms with Crippen LogP contribution in [0.2, 0.25) is 0 Å². The van der Waals surface area contributed by atoms with Gasteiger partial charge in [-0.15, -0.1) is 0 Å². The van der Waals surface area contributed by atoms with Crippen molar-refractivity contribution in [1.29, 1.82) is 0 Å². The zero-order valence-corrected chi connectivity index (χ0v) is 15.4. The van der Waals surface area contributed by atoms with Gasteiger partial charge in [0.15, 0.2) is 0 Å². The minimum absolute atomic E-state index is 0.0574. The number of anilines is 1. The van der Waals surface area contributed by atoms with Crippen molar-refractivity contribution in [3.05, 3.63) is 42.1 Å². The molecule has 1 aromatic heterocycles. The Kier molecular flexibility index (Phi) is 5.34. The molecule has 1 saturated carbocycles. The second-order valence-electron chi connectivity index (χ2n) is 7.57. The van der Waals surface area contributed by atoms with E-state index in [1.807, 2.05) is 35.0 Å². The Morgan fingerprint density at radius 2 is 1.77 bits per heavy atom. The second-order valence-corrected chi connectivity index (χ2v) is 7.57. The highest BCUT2D eigenvalue weighted by molar-refractivity contribution is 5.91. The molecule has 4 rings (SSSR count). The van der Waals surface area contributed by atoms with E-state index >= 15 is 0 Å². The van der Waals surface area contributed by atoms with Gasteiger partial charge in [-0.3, -0.25) is 9.69 Å². The summed E-state index contributed by atoms with van der Waals surface area (Å²) in [6.07, 6.45) is 8.63. The van der Waals surface area contributed by atoms with E-state index in [1.54, 1.807) is 0 Å². The number of rotatable bonds is 5. The standard InChI is InChI=1S/C21H28N4O/c26-21(16-24-13-7-2-8-14-24)22-20-15-19(17-9-5-6-10-17)23-25(20)18-11-3-1-4-12-18/h1,3-4,11-12,15,17H,2,5-10,13-14,16H2,(H,22,26). The van der Waals surface area contributed by atoms with Gasteiger partial charge in [0.05, 0.1) is 17.9 Å². The van der Waals surface area contributed by atoms with Crippen LogP contribution in [0.4, 0.5) is 5.82 Å². The van der Waals surface area contributed by atoms with E-state index in [1.165, 1.54) is 44.9 Å². The summed E-state index contributed by atoms with van der Waals surface area (Å²) < 4.78 is 1.89. The van der Waals surface area contributed by atoms with E-state index in [2.05, 4.69) is 16.3 Å². The van der Waals surface area contributed by atoms with E-state index < -0.39 is 0 Å². The van der Waals surface area contributed by atoms with Crippen molar-refractivity contribution in [2.24, 2.45) is 0 Å². The molecular weight excluding hydrogens is 324 g/mol. The minimum Gasteiger partial charge on any atom is -0.309 e. The second kappa shape index (κ2) is 8.04.